The van der Waals surface area contributed by atoms with Gasteiger partial charge in [-0.3, -0.25) is 7.32 Å². The van der Waals surface area contributed by atoms with E-state index in [2.05, 4.69) is 0 Å². The Balaban J connectivity index is -0.0000000150. The third-order valence-electron chi connectivity index (χ3n) is 0. The predicted octanol–water partition coefficient (Wildman–Crippen LogP) is -4.71. The topological polar surface area (TPSA) is 69.2 Å². The van der Waals surface area contributed by atoms with E-state index in [1.165, 1.54) is 0 Å². The number of rotatable bonds is 0. The van der Waals surface area contributed by atoms with Gasteiger partial charge in [0.05, 0.1) is 0 Å². The minimum atomic E-state index is -2.92. The summed E-state index contributed by atoms with van der Waals surface area (Å²) in [7, 11) is -2.92. The van der Waals surface area contributed by atoms with Gasteiger partial charge < -0.3 is 15.1 Å². The quantitative estimate of drug-likeness (QED) is 0.353. The van der Waals surface area contributed by atoms with E-state index in [0.717, 1.165) is 0 Å². The monoisotopic (exact) mass is 445 g/mol. The zero-order valence-corrected chi connectivity index (χ0v) is 13.3. The Bertz CT molecular complexity index is 19.7. The fourth-order valence-electron chi connectivity index (χ4n) is 0. The first-order valence-corrected chi connectivity index (χ1v) is 0.707. The molecule has 0 aromatic rings. The molecule has 3 nitrogen and oxygen atoms in total. The van der Waals surface area contributed by atoms with Gasteiger partial charge in [0.25, 0.3) is 0 Å². The van der Waals surface area contributed by atoms with Gasteiger partial charge in [-0.1, -0.05) is 0 Å². The number of hydrogen-bond donors (Lipinski definition) is 0. The first-order valence-electron chi connectivity index (χ1n) is 0.707. The van der Waals surface area contributed by atoms with E-state index >= 15 is 0 Å². The molecule has 0 spiro atoms. The van der Waals surface area contributed by atoms with Crippen molar-refractivity contribution >= 4 is 79.0 Å². The largest absolute Gasteiger partial charge is 3.00 e. The van der Waals surface area contributed by atoms with Crippen molar-refractivity contribution < 1.29 is 47.8 Å². The molecule has 0 saturated heterocycles. The van der Waals surface area contributed by atoms with Gasteiger partial charge in [0.15, 0.2) is 0 Å². The summed E-state index contributed by atoms with van der Waals surface area (Å²) in [6.07, 6.45) is 0. The maximum absolute atomic E-state index is 8.42. The van der Waals surface area contributed by atoms with Gasteiger partial charge >= 0.3 is 104 Å². The molecule has 0 aromatic carbocycles. The van der Waals surface area contributed by atoms with Gasteiger partial charge in [0, 0.05) is 0 Å². The maximum atomic E-state index is 8.42. The molecule has 26 valence electrons. The van der Waals surface area contributed by atoms with E-state index < -0.39 is 7.32 Å². The van der Waals surface area contributed by atoms with Crippen molar-refractivity contribution in [2.45, 2.75) is 0 Å². The summed E-state index contributed by atoms with van der Waals surface area (Å²) in [5.41, 5.74) is 0. The van der Waals surface area contributed by atoms with Gasteiger partial charge in [0.1, 0.15) is 0 Å². The van der Waals surface area contributed by atoms with Crippen LogP contribution < -0.4 is 15.1 Å². The van der Waals surface area contributed by atoms with Crippen molar-refractivity contribution in [3.05, 3.63) is 0 Å². The molecule has 0 aliphatic rings. The standard InChI is InChI=1S/BO3.Bi.Sr.Y/c2-1(3)4;;;/q-3;+3;+2;+3. The van der Waals surface area contributed by atoms with Gasteiger partial charge in [-0.05, 0) is 0 Å². The molecule has 0 heterocycles. The molecule has 0 saturated carbocycles. The molecule has 0 bridgehead atoms. The molecule has 0 aliphatic heterocycles. The Labute approximate surface area is 124 Å². The Morgan fingerprint density at radius 3 is 1.00 bits per heavy atom. The molecule has 7 heteroatoms. The molecule has 7 heavy (non-hydrogen) atoms. The van der Waals surface area contributed by atoms with E-state index in [9.17, 15) is 0 Å². The molecule has 0 aromatic heterocycles. The summed E-state index contributed by atoms with van der Waals surface area (Å²) < 4.78 is 0. The van der Waals surface area contributed by atoms with Gasteiger partial charge in [0.2, 0.25) is 0 Å². The van der Waals surface area contributed by atoms with Crippen LogP contribution in [0.15, 0.2) is 0 Å². The molecule has 2 radical (unpaired) electrons. The first kappa shape index (κ1) is 22.4. The van der Waals surface area contributed by atoms with Crippen LogP contribution in [-0.2, 0) is 32.7 Å². The second-order valence-electron chi connectivity index (χ2n) is 0.289. The van der Waals surface area contributed by atoms with E-state index in [1.54, 1.807) is 0 Å². The Morgan fingerprint density at radius 2 is 1.00 bits per heavy atom. The molecule has 0 atom stereocenters. The normalized spacial score (nSPS) is 3.86. The van der Waals surface area contributed by atoms with Crippen molar-refractivity contribution in [2.24, 2.45) is 0 Å². The Kier molecular flexibility index (Phi) is 51.9. The van der Waals surface area contributed by atoms with Gasteiger partial charge in [-0.15, -0.1) is 0 Å². The van der Waals surface area contributed by atoms with Crippen LogP contribution in [0.5, 0.6) is 0 Å². The second kappa shape index (κ2) is 16.2. The summed E-state index contributed by atoms with van der Waals surface area (Å²) >= 11 is 0. The predicted molar refractivity (Wildman–Crippen MR) is 17.3 cm³/mol. The van der Waals surface area contributed by atoms with Crippen molar-refractivity contribution in [3.63, 3.8) is 0 Å². The van der Waals surface area contributed by atoms with Crippen molar-refractivity contribution in [1.82, 2.24) is 0 Å². The van der Waals surface area contributed by atoms with E-state index in [1.807, 2.05) is 0 Å². The summed E-state index contributed by atoms with van der Waals surface area (Å²) in [6, 6.07) is 0. The summed E-state index contributed by atoms with van der Waals surface area (Å²) in [6.45, 7) is 0. The molecule has 0 fully saturated rings. The van der Waals surface area contributed by atoms with Crippen molar-refractivity contribution in [1.29, 1.82) is 0 Å². The summed E-state index contributed by atoms with van der Waals surface area (Å²) in [5.74, 6) is 0. The van der Waals surface area contributed by atoms with Crippen molar-refractivity contribution in [3.8, 4) is 0 Å². The van der Waals surface area contributed by atoms with Gasteiger partial charge in [-0.2, -0.15) is 0 Å². The summed E-state index contributed by atoms with van der Waals surface area (Å²) in [4.78, 5) is 0. The van der Waals surface area contributed by atoms with Crippen LogP contribution in [0.2, 0.25) is 0 Å². The maximum Gasteiger partial charge on any atom is 3.00 e. The van der Waals surface area contributed by atoms with Crippen LogP contribution in [-0.4, -0.2) is 79.0 Å². The first-order chi connectivity index (χ1) is 1.73. The smallest absolute Gasteiger partial charge is 0.907 e. The van der Waals surface area contributed by atoms with Crippen LogP contribution in [0.1, 0.15) is 0 Å². The molecular formula is BBiO3SrY+5. The second-order valence-corrected chi connectivity index (χ2v) is 0.289. The molecular weight excluding hydrogens is 444 g/mol. The number of hydrogen-bond acceptors (Lipinski definition) is 3. The van der Waals surface area contributed by atoms with E-state index in [0.29, 0.717) is 0 Å². The fraction of sp³-hybridized carbons (Fsp3) is 0. The zero-order valence-electron chi connectivity index (χ0n) is 3.53. The van der Waals surface area contributed by atoms with Crippen LogP contribution in [0, 0.1) is 0 Å². The van der Waals surface area contributed by atoms with Crippen LogP contribution in [0.25, 0.3) is 0 Å². The molecule has 0 N–H and O–H groups in total. The zero-order chi connectivity index (χ0) is 3.58. The molecule has 0 amide bonds. The van der Waals surface area contributed by atoms with Crippen LogP contribution in [0.4, 0.5) is 0 Å². The molecule has 0 unspecified atom stereocenters. The van der Waals surface area contributed by atoms with Crippen molar-refractivity contribution in [2.75, 3.05) is 0 Å². The Morgan fingerprint density at radius 1 is 1.00 bits per heavy atom. The minimum absolute atomic E-state index is 0. The third-order valence-corrected chi connectivity index (χ3v) is 0. The van der Waals surface area contributed by atoms with Gasteiger partial charge in [-0.25, -0.2) is 0 Å². The van der Waals surface area contributed by atoms with E-state index in [-0.39, 0.29) is 104 Å². The summed E-state index contributed by atoms with van der Waals surface area (Å²) in [5, 5.41) is 25.2. The van der Waals surface area contributed by atoms with Crippen LogP contribution >= 0.6 is 0 Å². The Hall–Kier alpha value is 3.41. The fourth-order valence-corrected chi connectivity index (χ4v) is 0. The average molecular weight is 444 g/mol. The SMILES string of the molecule is [Bi+3].[O-]B([O-])[O-].[Sr+2].[Y+3]. The van der Waals surface area contributed by atoms with Crippen LogP contribution in [0.3, 0.4) is 0 Å². The molecule has 0 aliphatic carbocycles. The third kappa shape index (κ3) is 44.4. The minimum Gasteiger partial charge on any atom is -0.907 e. The molecule has 0 rings (SSSR count). The average Bonchev–Trinajstić information content (AvgIpc) is 0.811. The van der Waals surface area contributed by atoms with E-state index in [4.69, 9.17) is 15.1 Å².